The smallest absolute Gasteiger partial charge is 0.257 e. The van der Waals surface area contributed by atoms with Gasteiger partial charge >= 0.3 is 0 Å². The number of H-pyrrole nitrogens is 1. The zero-order chi connectivity index (χ0) is 13.2. The molecule has 0 aliphatic carbocycles. The third-order valence-electron chi connectivity index (χ3n) is 3.78. The summed E-state index contributed by atoms with van der Waals surface area (Å²) in [4.78, 5) is 21.5. The van der Waals surface area contributed by atoms with Gasteiger partial charge < -0.3 is 15.0 Å². The van der Waals surface area contributed by atoms with Crippen LogP contribution in [0.3, 0.4) is 0 Å². The van der Waals surface area contributed by atoms with Gasteiger partial charge in [0, 0.05) is 32.7 Å². The number of fused-ring (bicyclic) bond motifs is 1. The van der Waals surface area contributed by atoms with Gasteiger partial charge in [0.1, 0.15) is 0 Å². The van der Waals surface area contributed by atoms with Crippen LogP contribution in [0.2, 0.25) is 0 Å². The monoisotopic (exact) mass is 264 g/mol. The van der Waals surface area contributed by atoms with Crippen molar-refractivity contribution in [1.29, 1.82) is 0 Å². The van der Waals surface area contributed by atoms with Crippen molar-refractivity contribution in [3.8, 4) is 0 Å². The van der Waals surface area contributed by atoms with Crippen LogP contribution in [0.15, 0.2) is 4.79 Å². The van der Waals surface area contributed by atoms with Crippen molar-refractivity contribution in [3.63, 3.8) is 0 Å². The third-order valence-corrected chi connectivity index (χ3v) is 3.78. The van der Waals surface area contributed by atoms with Crippen molar-refractivity contribution in [1.82, 2.24) is 14.9 Å². The second-order valence-electron chi connectivity index (χ2n) is 5.34. The van der Waals surface area contributed by atoms with Gasteiger partial charge in [-0.15, -0.1) is 0 Å². The maximum Gasteiger partial charge on any atom is 0.257 e. The van der Waals surface area contributed by atoms with Gasteiger partial charge in [0.05, 0.1) is 17.4 Å². The lowest BCUT2D eigenvalue weighted by atomic mass is 10.1. The molecule has 19 heavy (non-hydrogen) atoms. The van der Waals surface area contributed by atoms with E-state index in [9.17, 15) is 4.79 Å². The molecule has 1 aromatic heterocycles. The van der Waals surface area contributed by atoms with Crippen LogP contribution in [0.5, 0.6) is 0 Å². The molecule has 6 heteroatoms. The van der Waals surface area contributed by atoms with Crippen molar-refractivity contribution in [2.75, 3.05) is 32.1 Å². The molecule has 104 valence electrons. The van der Waals surface area contributed by atoms with Gasteiger partial charge in [-0.25, -0.2) is 4.98 Å². The Bertz CT molecular complexity index is 508. The standard InChI is InChI=1S/C13H20N4O2/c1-17-5-4-11-10(8-17)12(18)16-13(15-11)14-7-9-3-2-6-19-9/h9H,2-8H2,1H3,(H2,14,15,16,18). The average Bonchev–Trinajstić information content (AvgIpc) is 2.90. The van der Waals surface area contributed by atoms with Gasteiger partial charge in [0.25, 0.3) is 5.56 Å². The molecule has 1 aromatic rings. The predicted molar refractivity (Wildman–Crippen MR) is 72.4 cm³/mol. The van der Waals surface area contributed by atoms with Crippen molar-refractivity contribution in [2.45, 2.75) is 31.9 Å². The first-order valence-electron chi connectivity index (χ1n) is 6.88. The van der Waals surface area contributed by atoms with Gasteiger partial charge in [0.2, 0.25) is 5.95 Å². The molecule has 1 fully saturated rings. The number of nitrogens with one attached hydrogen (secondary N) is 2. The van der Waals surface area contributed by atoms with Crippen LogP contribution in [-0.2, 0) is 17.7 Å². The number of aromatic nitrogens is 2. The van der Waals surface area contributed by atoms with Crippen LogP contribution in [-0.4, -0.2) is 47.7 Å². The summed E-state index contributed by atoms with van der Waals surface area (Å²) in [6.45, 7) is 3.19. The van der Waals surface area contributed by atoms with E-state index in [1.807, 2.05) is 7.05 Å². The van der Waals surface area contributed by atoms with Gasteiger partial charge in [-0.05, 0) is 19.9 Å². The molecule has 2 aliphatic heterocycles. The lowest BCUT2D eigenvalue weighted by Crippen LogP contribution is -2.34. The SMILES string of the molecule is CN1CCc2nc(NCC3CCCO3)[nH]c(=O)c2C1. The van der Waals surface area contributed by atoms with E-state index in [0.717, 1.165) is 43.7 Å². The normalized spacial score (nSPS) is 23.3. The minimum atomic E-state index is -0.0219. The van der Waals surface area contributed by atoms with Crippen molar-refractivity contribution in [3.05, 3.63) is 21.6 Å². The Morgan fingerprint density at radius 1 is 1.58 bits per heavy atom. The maximum absolute atomic E-state index is 12.0. The fraction of sp³-hybridized carbons (Fsp3) is 0.692. The fourth-order valence-corrected chi connectivity index (χ4v) is 2.66. The molecule has 0 radical (unpaired) electrons. The number of aromatic amines is 1. The van der Waals surface area contributed by atoms with E-state index in [-0.39, 0.29) is 11.7 Å². The molecular weight excluding hydrogens is 244 g/mol. The van der Waals surface area contributed by atoms with Gasteiger partial charge in [-0.1, -0.05) is 0 Å². The van der Waals surface area contributed by atoms with Crippen LogP contribution in [0.25, 0.3) is 0 Å². The fourth-order valence-electron chi connectivity index (χ4n) is 2.66. The maximum atomic E-state index is 12.0. The van der Waals surface area contributed by atoms with Crippen molar-refractivity contribution in [2.24, 2.45) is 0 Å². The summed E-state index contributed by atoms with van der Waals surface area (Å²) in [7, 11) is 2.02. The summed E-state index contributed by atoms with van der Waals surface area (Å²) in [5.41, 5.74) is 1.71. The minimum Gasteiger partial charge on any atom is -0.376 e. The second kappa shape index (κ2) is 5.30. The molecule has 0 spiro atoms. The van der Waals surface area contributed by atoms with E-state index >= 15 is 0 Å². The van der Waals surface area contributed by atoms with Crippen LogP contribution < -0.4 is 10.9 Å². The molecule has 2 aliphatic rings. The molecule has 1 atom stereocenters. The van der Waals surface area contributed by atoms with E-state index in [1.54, 1.807) is 0 Å². The Hall–Kier alpha value is -1.40. The molecule has 6 nitrogen and oxygen atoms in total. The van der Waals surface area contributed by atoms with Gasteiger partial charge in [-0.2, -0.15) is 0 Å². The molecular formula is C13H20N4O2. The summed E-state index contributed by atoms with van der Waals surface area (Å²) in [5, 5.41) is 3.18. The Morgan fingerprint density at radius 3 is 3.26 bits per heavy atom. The Morgan fingerprint density at radius 2 is 2.47 bits per heavy atom. The summed E-state index contributed by atoms with van der Waals surface area (Å²) in [5.74, 6) is 0.573. The van der Waals surface area contributed by atoms with Crippen LogP contribution >= 0.6 is 0 Å². The number of nitrogens with zero attached hydrogens (tertiary/aromatic N) is 2. The van der Waals surface area contributed by atoms with Crippen molar-refractivity contribution >= 4 is 5.95 Å². The third kappa shape index (κ3) is 2.79. The molecule has 0 amide bonds. The lowest BCUT2D eigenvalue weighted by Gasteiger charge is -2.23. The summed E-state index contributed by atoms with van der Waals surface area (Å²) >= 11 is 0. The van der Waals surface area contributed by atoms with E-state index in [0.29, 0.717) is 19.0 Å². The van der Waals surface area contributed by atoms with E-state index in [4.69, 9.17) is 4.74 Å². The molecule has 0 aromatic carbocycles. The first-order valence-corrected chi connectivity index (χ1v) is 6.88. The Balaban J connectivity index is 1.72. The van der Waals surface area contributed by atoms with Crippen LogP contribution in [0.1, 0.15) is 24.1 Å². The Kier molecular flexibility index (Phi) is 3.52. The van der Waals surface area contributed by atoms with Gasteiger partial charge in [0.15, 0.2) is 0 Å². The lowest BCUT2D eigenvalue weighted by molar-refractivity contribution is 0.120. The number of likely N-dealkylation sites (N-methyl/N-ethyl adjacent to an activating group) is 1. The molecule has 2 N–H and O–H groups in total. The van der Waals surface area contributed by atoms with Crippen LogP contribution in [0, 0.1) is 0 Å². The zero-order valence-electron chi connectivity index (χ0n) is 11.2. The Labute approximate surface area is 112 Å². The molecule has 0 saturated carbocycles. The molecule has 1 unspecified atom stereocenters. The number of rotatable bonds is 3. The van der Waals surface area contributed by atoms with Gasteiger partial charge in [-0.3, -0.25) is 9.78 Å². The number of ether oxygens (including phenoxy) is 1. The highest BCUT2D eigenvalue weighted by molar-refractivity contribution is 5.31. The predicted octanol–water partition coefficient (Wildman–Crippen LogP) is 0.349. The number of hydrogen-bond acceptors (Lipinski definition) is 5. The van der Waals surface area contributed by atoms with Crippen LogP contribution in [0.4, 0.5) is 5.95 Å². The molecule has 1 saturated heterocycles. The number of hydrogen-bond donors (Lipinski definition) is 2. The topological polar surface area (TPSA) is 70.2 Å². The first kappa shape index (κ1) is 12.6. The largest absolute Gasteiger partial charge is 0.376 e. The summed E-state index contributed by atoms with van der Waals surface area (Å²) < 4.78 is 5.54. The van der Waals surface area contributed by atoms with Crippen molar-refractivity contribution < 1.29 is 4.74 Å². The highest BCUT2D eigenvalue weighted by Gasteiger charge is 2.19. The summed E-state index contributed by atoms with van der Waals surface area (Å²) in [6.07, 6.45) is 3.27. The quantitative estimate of drug-likeness (QED) is 0.824. The van der Waals surface area contributed by atoms with E-state index in [1.165, 1.54) is 0 Å². The number of anilines is 1. The average molecular weight is 264 g/mol. The van der Waals surface area contributed by atoms with E-state index in [2.05, 4.69) is 20.2 Å². The molecule has 3 heterocycles. The highest BCUT2D eigenvalue weighted by atomic mass is 16.5. The summed E-state index contributed by atoms with van der Waals surface area (Å²) in [6, 6.07) is 0. The highest BCUT2D eigenvalue weighted by Crippen LogP contribution is 2.15. The molecule has 0 bridgehead atoms. The van der Waals surface area contributed by atoms with E-state index < -0.39 is 0 Å². The molecule has 3 rings (SSSR count). The minimum absolute atomic E-state index is 0.0219. The first-order chi connectivity index (χ1) is 9.22. The second-order valence-corrected chi connectivity index (χ2v) is 5.34. The zero-order valence-corrected chi connectivity index (χ0v) is 11.2.